The number of fused-ring (bicyclic) bond motifs is 1. The second-order valence-corrected chi connectivity index (χ2v) is 8.47. The Kier molecular flexibility index (Phi) is 4.29. The lowest BCUT2D eigenvalue weighted by Crippen LogP contribution is -2.30. The number of aryl methyl sites for hydroxylation is 1. The summed E-state index contributed by atoms with van der Waals surface area (Å²) >= 11 is 1.21. The molecular weight excluding hydrogens is 384 g/mol. The number of benzene rings is 2. The summed E-state index contributed by atoms with van der Waals surface area (Å²) in [5, 5.41) is 2.93. The van der Waals surface area contributed by atoms with Gasteiger partial charge < -0.3 is 4.42 Å². The van der Waals surface area contributed by atoms with Gasteiger partial charge >= 0.3 is 0 Å². The number of carbonyl (C=O) groups is 1. The minimum atomic E-state index is -3.96. The quantitative estimate of drug-likeness (QED) is 0.562. The van der Waals surface area contributed by atoms with Crippen molar-refractivity contribution in [1.82, 2.24) is 9.71 Å². The van der Waals surface area contributed by atoms with Crippen LogP contribution in [-0.2, 0) is 10.0 Å². The normalized spacial score (nSPS) is 11.6. The van der Waals surface area contributed by atoms with Crippen LogP contribution < -0.4 is 4.72 Å². The van der Waals surface area contributed by atoms with E-state index in [9.17, 15) is 13.2 Å². The van der Waals surface area contributed by atoms with Crippen LogP contribution in [0.2, 0.25) is 0 Å². The van der Waals surface area contributed by atoms with Crippen molar-refractivity contribution in [1.29, 1.82) is 0 Å². The van der Waals surface area contributed by atoms with E-state index >= 15 is 0 Å². The summed E-state index contributed by atoms with van der Waals surface area (Å²) in [6.45, 7) is 1.85. The molecule has 0 spiro atoms. The highest BCUT2D eigenvalue weighted by Crippen LogP contribution is 2.30. The lowest BCUT2D eigenvalue weighted by molar-refractivity contribution is 0.0977. The van der Waals surface area contributed by atoms with Gasteiger partial charge in [-0.25, -0.2) is 18.1 Å². The summed E-state index contributed by atoms with van der Waals surface area (Å²) in [6, 6.07) is 15.6. The number of sulfonamides is 1. The Morgan fingerprint density at radius 3 is 2.59 bits per heavy atom. The smallest absolute Gasteiger partial charge is 0.284 e. The first kappa shape index (κ1) is 17.4. The minimum absolute atomic E-state index is 0.0196. The van der Waals surface area contributed by atoms with Crippen molar-refractivity contribution in [3.63, 3.8) is 0 Å². The first-order chi connectivity index (χ1) is 12.9. The van der Waals surface area contributed by atoms with Crippen molar-refractivity contribution in [2.45, 2.75) is 11.8 Å². The van der Waals surface area contributed by atoms with Crippen LogP contribution >= 0.6 is 11.3 Å². The van der Waals surface area contributed by atoms with Crippen LogP contribution in [-0.4, -0.2) is 19.3 Å². The van der Waals surface area contributed by atoms with Gasteiger partial charge in [0, 0.05) is 10.8 Å². The third-order valence-electron chi connectivity index (χ3n) is 3.93. The molecule has 2 heterocycles. The summed E-state index contributed by atoms with van der Waals surface area (Å²) in [4.78, 5) is 16.6. The molecule has 0 aliphatic heterocycles. The van der Waals surface area contributed by atoms with Crippen molar-refractivity contribution >= 4 is 38.2 Å². The fourth-order valence-electron chi connectivity index (χ4n) is 2.53. The lowest BCUT2D eigenvalue weighted by Gasteiger charge is -2.05. The molecule has 0 aliphatic carbocycles. The summed E-state index contributed by atoms with van der Waals surface area (Å²) in [5.74, 6) is -0.254. The lowest BCUT2D eigenvalue weighted by atomic mass is 10.2. The monoisotopic (exact) mass is 398 g/mol. The van der Waals surface area contributed by atoms with E-state index in [1.165, 1.54) is 28.8 Å². The molecule has 0 saturated carbocycles. The van der Waals surface area contributed by atoms with E-state index in [1.54, 1.807) is 12.1 Å². The van der Waals surface area contributed by atoms with Gasteiger partial charge in [0.15, 0.2) is 10.8 Å². The standard InChI is InChI=1S/C19H14N2O4S2/c1-12-6-8-14(9-7-12)27(23,24)21-18(22)15-11-26-19(20-15)17-10-13-4-2-3-5-16(13)25-17/h2-11H,1H3,(H,21,22). The molecule has 136 valence electrons. The van der Waals surface area contributed by atoms with Gasteiger partial charge in [0.05, 0.1) is 4.90 Å². The molecule has 0 bridgehead atoms. The summed E-state index contributed by atoms with van der Waals surface area (Å²) in [6.07, 6.45) is 0. The molecule has 0 radical (unpaired) electrons. The second kappa shape index (κ2) is 6.64. The van der Waals surface area contributed by atoms with Crippen molar-refractivity contribution in [3.05, 3.63) is 71.2 Å². The number of nitrogens with zero attached hydrogens (tertiary/aromatic N) is 1. The maximum Gasteiger partial charge on any atom is 0.284 e. The molecule has 0 atom stereocenters. The Morgan fingerprint density at radius 2 is 1.85 bits per heavy atom. The van der Waals surface area contributed by atoms with Gasteiger partial charge in [-0.3, -0.25) is 4.79 Å². The fraction of sp³-hybridized carbons (Fsp3) is 0.0526. The third-order valence-corrected chi connectivity index (χ3v) is 6.14. The molecular formula is C19H14N2O4S2. The molecule has 27 heavy (non-hydrogen) atoms. The molecule has 1 amide bonds. The second-order valence-electron chi connectivity index (χ2n) is 5.93. The highest BCUT2D eigenvalue weighted by Gasteiger charge is 2.21. The average molecular weight is 398 g/mol. The van der Waals surface area contributed by atoms with Gasteiger partial charge in [0.2, 0.25) is 0 Å². The third kappa shape index (κ3) is 3.49. The van der Waals surface area contributed by atoms with Crippen LogP contribution in [0.5, 0.6) is 0 Å². The van der Waals surface area contributed by atoms with E-state index in [4.69, 9.17) is 4.42 Å². The van der Waals surface area contributed by atoms with E-state index in [-0.39, 0.29) is 10.6 Å². The van der Waals surface area contributed by atoms with E-state index in [2.05, 4.69) is 4.98 Å². The molecule has 0 aliphatic rings. The number of hydrogen-bond acceptors (Lipinski definition) is 6. The van der Waals surface area contributed by atoms with Gasteiger partial charge in [0.1, 0.15) is 11.3 Å². The van der Waals surface area contributed by atoms with E-state index in [0.717, 1.165) is 16.5 Å². The van der Waals surface area contributed by atoms with Gasteiger partial charge in [-0.2, -0.15) is 0 Å². The molecule has 4 aromatic rings. The molecule has 6 nitrogen and oxygen atoms in total. The summed E-state index contributed by atoms with van der Waals surface area (Å²) in [5.41, 5.74) is 1.66. The Balaban J connectivity index is 1.57. The van der Waals surface area contributed by atoms with Crippen LogP contribution in [0.1, 0.15) is 16.1 Å². The highest BCUT2D eigenvalue weighted by atomic mass is 32.2. The van der Waals surface area contributed by atoms with E-state index in [1.807, 2.05) is 42.0 Å². The van der Waals surface area contributed by atoms with Crippen molar-refractivity contribution in [2.24, 2.45) is 0 Å². The molecule has 2 aromatic carbocycles. The predicted octanol–water partition coefficient (Wildman–Crippen LogP) is 3.98. The number of furan rings is 1. The average Bonchev–Trinajstić information content (AvgIpc) is 3.28. The highest BCUT2D eigenvalue weighted by molar-refractivity contribution is 7.90. The number of aromatic nitrogens is 1. The van der Waals surface area contributed by atoms with Crippen molar-refractivity contribution < 1.29 is 17.6 Å². The summed E-state index contributed by atoms with van der Waals surface area (Å²) < 4.78 is 32.5. The van der Waals surface area contributed by atoms with Crippen molar-refractivity contribution in [2.75, 3.05) is 0 Å². The fourth-order valence-corrected chi connectivity index (χ4v) is 4.24. The number of hydrogen-bond donors (Lipinski definition) is 1. The van der Waals surface area contributed by atoms with Crippen LogP contribution in [0, 0.1) is 6.92 Å². The SMILES string of the molecule is Cc1ccc(S(=O)(=O)NC(=O)c2csc(-c3cc4ccccc4o3)n2)cc1. The Labute approximate surface area is 159 Å². The number of amides is 1. The van der Waals surface area contributed by atoms with Crippen LogP contribution in [0.15, 0.2) is 69.3 Å². The van der Waals surface area contributed by atoms with Gasteiger partial charge in [-0.05, 0) is 31.2 Å². The van der Waals surface area contributed by atoms with Crippen LogP contribution in [0.3, 0.4) is 0 Å². The Bertz CT molecular complexity index is 1210. The molecule has 0 saturated heterocycles. The molecule has 0 unspecified atom stereocenters. The summed E-state index contributed by atoms with van der Waals surface area (Å²) in [7, 11) is -3.96. The molecule has 2 aromatic heterocycles. The maximum atomic E-state index is 12.3. The first-order valence-electron chi connectivity index (χ1n) is 8.01. The van der Waals surface area contributed by atoms with Crippen LogP contribution in [0.4, 0.5) is 0 Å². The van der Waals surface area contributed by atoms with E-state index in [0.29, 0.717) is 10.8 Å². The van der Waals surface area contributed by atoms with Gasteiger partial charge in [-0.15, -0.1) is 11.3 Å². The predicted molar refractivity (Wildman–Crippen MR) is 103 cm³/mol. The zero-order valence-corrected chi connectivity index (χ0v) is 15.8. The zero-order valence-electron chi connectivity index (χ0n) is 14.2. The molecule has 8 heteroatoms. The number of carbonyl (C=O) groups excluding carboxylic acids is 1. The van der Waals surface area contributed by atoms with Crippen molar-refractivity contribution in [3.8, 4) is 10.8 Å². The Hall–Kier alpha value is -2.97. The number of rotatable bonds is 4. The largest absolute Gasteiger partial charge is 0.454 e. The van der Waals surface area contributed by atoms with Gasteiger partial charge in [0.25, 0.3) is 15.9 Å². The maximum absolute atomic E-state index is 12.3. The molecule has 0 fully saturated rings. The van der Waals surface area contributed by atoms with Crippen LogP contribution in [0.25, 0.3) is 21.7 Å². The number of para-hydroxylation sites is 1. The Morgan fingerprint density at radius 1 is 1.11 bits per heavy atom. The first-order valence-corrected chi connectivity index (χ1v) is 10.4. The zero-order chi connectivity index (χ0) is 19.0. The van der Waals surface area contributed by atoms with Gasteiger partial charge in [-0.1, -0.05) is 35.9 Å². The number of thiazole rings is 1. The number of nitrogens with one attached hydrogen (secondary N) is 1. The molecule has 4 rings (SSSR count). The molecule has 1 N–H and O–H groups in total. The van der Waals surface area contributed by atoms with E-state index < -0.39 is 15.9 Å². The topological polar surface area (TPSA) is 89.3 Å². The minimum Gasteiger partial charge on any atom is -0.454 e.